The lowest BCUT2D eigenvalue weighted by Crippen LogP contribution is -2.47. The number of guanidine groups is 1. The first-order valence-corrected chi connectivity index (χ1v) is 8.42. The summed E-state index contributed by atoms with van der Waals surface area (Å²) in [5.41, 5.74) is 0. The molecule has 0 heterocycles. The van der Waals surface area contributed by atoms with Gasteiger partial charge in [0.25, 0.3) is 0 Å². The third-order valence-electron chi connectivity index (χ3n) is 3.45. The standard InChI is InChI=1S/C13H27N3O2S.HI/c1-4-19(17)12-7-5-6-11(10-12)16-13(14-2)15-8-9-18-3;/h11-12H,4-10H2,1-3H3,(H2,14,15,16);1H. The second kappa shape index (κ2) is 11.7. The third kappa shape index (κ3) is 7.21. The van der Waals surface area contributed by atoms with E-state index in [1.807, 2.05) is 6.92 Å². The average Bonchev–Trinajstić information content (AvgIpc) is 2.45. The van der Waals surface area contributed by atoms with Gasteiger partial charge in [-0.1, -0.05) is 13.3 Å². The Morgan fingerprint density at radius 3 is 2.80 bits per heavy atom. The summed E-state index contributed by atoms with van der Waals surface area (Å²) in [6.45, 7) is 3.40. The van der Waals surface area contributed by atoms with Crippen LogP contribution in [0.15, 0.2) is 4.99 Å². The van der Waals surface area contributed by atoms with Crippen molar-refractivity contribution in [3.63, 3.8) is 0 Å². The highest BCUT2D eigenvalue weighted by Gasteiger charge is 2.25. The zero-order chi connectivity index (χ0) is 14.1. The molecule has 1 aliphatic rings. The molecule has 3 unspecified atom stereocenters. The molecule has 0 radical (unpaired) electrons. The van der Waals surface area contributed by atoms with Crippen LogP contribution in [0, 0.1) is 0 Å². The van der Waals surface area contributed by atoms with Crippen LogP contribution in [-0.4, -0.2) is 54.5 Å². The van der Waals surface area contributed by atoms with Crippen molar-refractivity contribution in [3.8, 4) is 0 Å². The minimum absolute atomic E-state index is 0. The molecule has 1 aliphatic carbocycles. The van der Waals surface area contributed by atoms with Gasteiger partial charge < -0.3 is 15.4 Å². The number of nitrogens with zero attached hydrogens (tertiary/aromatic N) is 1. The number of methoxy groups -OCH3 is 1. The molecule has 0 amide bonds. The molecule has 1 fully saturated rings. The Balaban J connectivity index is 0.00000361. The van der Waals surface area contributed by atoms with E-state index in [0.29, 0.717) is 17.9 Å². The van der Waals surface area contributed by atoms with Crippen LogP contribution in [0.4, 0.5) is 0 Å². The van der Waals surface area contributed by atoms with E-state index in [2.05, 4.69) is 15.6 Å². The number of hydrogen-bond acceptors (Lipinski definition) is 3. The van der Waals surface area contributed by atoms with Gasteiger partial charge in [-0.15, -0.1) is 24.0 Å². The van der Waals surface area contributed by atoms with Crippen molar-refractivity contribution < 1.29 is 8.95 Å². The molecule has 0 aromatic rings. The fraction of sp³-hybridized carbons (Fsp3) is 0.923. The van der Waals surface area contributed by atoms with E-state index in [-0.39, 0.29) is 24.0 Å². The Hall–Kier alpha value is 0.110. The van der Waals surface area contributed by atoms with Crippen LogP contribution in [0.25, 0.3) is 0 Å². The number of nitrogens with one attached hydrogen (secondary N) is 2. The number of aliphatic imine (C=N–C) groups is 1. The molecular formula is C13H28IN3O2S. The van der Waals surface area contributed by atoms with Gasteiger partial charge in [-0.05, 0) is 19.3 Å². The normalized spacial score (nSPS) is 24.6. The predicted molar refractivity (Wildman–Crippen MR) is 96.5 cm³/mol. The Labute approximate surface area is 142 Å². The van der Waals surface area contributed by atoms with E-state index in [9.17, 15) is 4.21 Å². The third-order valence-corrected chi connectivity index (χ3v) is 5.19. The molecule has 0 bridgehead atoms. The number of hydrogen-bond donors (Lipinski definition) is 2. The topological polar surface area (TPSA) is 62.7 Å². The Morgan fingerprint density at radius 2 is 2.20 bits per heavy atom. The fourth-order valence-electron chi connectivity index (χ4n) is 2.41. The molecule has 3 atom stereocenters. The maximum atomic E-state index is 11.9. The Morgan fingerprint density at radius 1 is 1.45 bits per heavy atom. The quantitative estimate of drug-likeness (QED) is 0.298. The lowest BCUT2D eigenvalue weighted by molar-refractivity contribution is 0.203. The average molecular weight is 417 g/mol. The first kappa shape index (κ1) is 20.1. The lowest BCUT2D eigenvalue weighted by atomic mass is 9.95. The van der Waals surface area contributed by atoms with Crippen LogP contribution in [0.5, 0.6) is 0 Å². The molecule has 7 heteroatoms. The molecule has 1 rings (SSSR count). The second-order valence-electron chi connectivity index (χ2n) is 4.79. The number of ether oxygens (including phenoxy) is 1. The van der Waals surface area contributed by atoms with Crippen LogP contribution in [0.2, 0.25) is 0 Å². The molecule has 2 N–H and O–H groups in total. The van der Waals surface area contributed by atoms with E-state index >= 15 is 0 Å². The summed E-state index contributed by atoms with van der Waals surface area (Å²) in [5, 5.41) is 6.98. The van der Waals surface area contributed by atoms with Gasteiger partial charge >= 0.3 is 0 Å². The largest absolute Gasteiger partial charge is 0.383 e. The SMILES string of the molecule is CCS(=O)C1CCCC(NC(=NC)NCCOC)C1.I. The molecule has 0 aromatic carbocycles. The molecule has 20 heavy (non-hydrogen) atoms. The molecule has 0 spiro atoms. The molecule has 0 aromatic heterocycles. The van der Waals surface area contributed by atoms with Crippen molar-refractivity contribution in [1.82, 2.24) is 10.6 Å². The highest BCUT2D eigenvalue weighted by molar-refractivity contribution is 14.0. The minimum Gasteiger partial charge on any atom is -0.383 e. The predicted octanol–water partition coefficient (Wildman–Crippen LogP) is 1.50. The number of halogens is 1. The van der Waals surface area contributed by atoms with Crippen LogP contribution in [-0.2, 0) is 15.5 Å². The van der Waals surface area contributed by atoms with Gasteiger partial charge in [-0.25, -0.2) is 0 Å². The van der Waals surface area contributed by atoms with Crippen LogP contribution >= 0.6 is 24.0 Å². The first-order chi connectivity index (χ1) is 9.21. The smallest absolute Gasteiger partial charge is 0.191 e. The van der Waals surface area contributed by atoms with Gasteiger partial charge in [-0.3, -0.25) is 9.20 Å². The first-order valence-electron chi connectivity index (χ1n) is 7.04. The minimum atomic E-state index is -0.678. The monoisotopic (exact) mass is 417 g/mol. The van der Waals surface area contributed by atoms with E-state index in [1.165, 1.54) is 0 Å². The van der Waals surface area contributed by atoms with Crippen molar-refractivity contribution in [1.29, 1.82) is 0 Å². The van der Waals surface area contributed by atoms with Gasteiger partial charge in [-0.2, -0.15) is 0 Å². The Kier molecular flexibility index (Phi) is 11.8. The summed E-state index contributed by atoms with van der Waals surface area (Å²) in [6, 6.07) is 0.378. The lowest BCUT2D eigenvalue weighted by Gasteiger charge is -2.30. The van der Waals surface area contributed by atoms with Crippen LogP contribution in [0.3, 0.4) is 0 Å². The van der Waals surface area contributed by atoms with Crippen LogP contribution < -0.4 is 10.6 Å². The van der Waals surface area contributed by atoms with Crippen LogP contribution in [0.1, 0.15) is 32.6 Å². The molecule has 120 valence electrons. The maximum absolute atomic E-state index is 11.9. The summed E-state index contributed by atoms with van der Waals surface area (Å²) in [5.74, 6) is 1.57. The van der Waals surface area contributed by atoms with Gasteiger partial charge in [0.05, 0.1) is 6.61 Å². The Bertz CT molecular complexity index is 316. The zero-order valence-corrected chi connectivity index (χ0v) is 15.8. The van der Waals surface area contributed by atoms with Crippen molar-refractivity contribution in [3.05, 3.63) is 0 Å². The summed E-state index contributed by atoms with van der Waals surface area (Å²) < 4.78 is 16.9. The van der Waals surface area contributed by atoms with E-state index in [4.69, 9.17) is 4.74 Å². The zero-order valence-electron chi connectivity index (χ0n) is 12.7. The van der Waals surface area contributed by atoms with Gasteiger partial charge in [0.1, 0.15) is 0 Å². The molecule has 0 saturated heterocycles. The summed E-state index contributed by atoms with van der Waals surface area (Å²) in [4.78, 5) is 4.21. The summed E-state index contributed by atoms with van der Waals surface area (Å²) in [6.07, 6.45) is 4.34. The molecular weight excluding hydrogens is 389 g/mol. The second-order valence-corrected chi connectivity index (χ2v) is 6.80. The summed E-state index contributed by atoms with van der Waals surface area (Å²) >= 11 is 0. The molecule has 1 saturated carbocycles. The van der Waals surface area contributed by atoms with Crippen molar-refractivity contribution in [2.45, 2.75) is 43.9 Å². The van der Waals surface area contributed by atoms with Gasteiger partial charge in [0.2, 0.25) is 0 Å². The van der Waals surface area contributed by atoms with Crippen molar-refractivity contribution >= 4 is 40.7 Å². The molecule has 5 nitrogen and oxygen atoms in total. The highest BCUT2D eigenvalue weighted by Crippen LogP contribution is 2.22. The fourth-order valence-corrected chi connectivity index (χ4v) is 3.76. The van der Waals surface area contributed by atoms with E-state index < -0.39 is 10.8 Å². The van der Waals surface area contributed by atoms with Crippen molar-refractivity contribution in [2.24, 2.45) is 4.99 Å². The molecule has 0 aliphatic heterocycles. The van der Waals surface area contributed by atoms with Crippen molar-refractivity contribution in [2.75, 3.05) is 33.1 Å². The highest BCUT2D eigenvalue weighted by atomic mass is 127. The van der Waals surface area contributed by atoms with E-state index in [1.54, 1.807) is 14.2 Å². The van der Waals surface area contributed by atoms with Gasteiger partial charge in [0.15, 0.2) is 5.96 Å². The van der Waals surface area contributed by atoms with E-state index in [0.717, 1.165) is 43.9 Å². The summed E-state index contributed by atoms with van der Waals surface area (Å²) in [7, 11) is 2.78. The number of rotatable bonds is 6. The van der Waals surface area contributed by atoms with Gasteiger partial charge in [0, 0.05) is 48.5 Å². The maximum Gasteiger partial charge on any atom is 0.191 e.